The molecule has 1 atom stereocenters. The number of carbonyl (C=O) groups is 2. The van der Waals surface area contributed by atoms with Crippen molar-refractivity contribution in [2.75, 3.05) is 20.3 Å². The third kappa shape index (κ3) is 5.11. The molecule has 5 heteroatoms. The Balaban J connectivity index is 4.01. The summed E-state index contributed by atoms with van der Waals surface area (Å²) in [6.07, 6.45) is 0.288. The van der Waals surface area contributed by atoms with Crippen LogP contribution in [0.3, 0.4) is 0 Å². The minimum absolute atomic E-state index is 0.0832. The average molecular weight is 232 g/mol. The number of carbonyl (C=O) groups excluding carboxylic acids is 2. The molecule has 0 saturated heterocycles. The number of esters is 1. The van der Waals surface area contributed by atoms with Gasteiger partial charge in [0.15, 0.2) is 0 Å². The predicted molar refractivity (Wildman–Crippen MR) is 57.8 cm³/mol. The van der Waals surface area contributed by atoms with E-state index in [2.05, 4.69) is 4.74 Å². The van der Waals surface area contributed by atoms with E-state index >= 15 is 0 Å². The van der Waals surface area contributed by atoms with Gasteiger partial charge in [0.25, 0.3) is 6.47 Å². The summed E-state index contributed by atoms with van der Waals surface area (Å²) in [7, 11) is 1.47. The second kappa shape index (κ2) is 7.22. The first-order chi connectivity index (χ1) is 7.47. The number of hydrogen-bond donors (Lipinski definition) is 0. The van der Waals surface area contributed by atoms with Crippen LogP contribution in [0.25, 0.3) is 0 Å². The van der Waals surface area contributed by atoms with Gasteiger partial charge in [-0.05, 0) is 20.3 Å². The molecule has 0 N–H and O–H groups in total. The topological polar surface area (TPSA) is 61.8 Å². The Bertz CT molecular complexity index is 224. The van der Waals surface area contributed by atoms with E-state index in [1.165, 1.54) is 7.11 Å². The Morgan fingerprint density at radius 2 is 2.00 bits per heavy atom. The van der Waals surface area contributed by atoms with Crippen molar-refractivity contribution in [1.82, 2.24) is 0 Å². The van der Waals surface area contributed by atoms with Gasteiger partial charge < -0.3 is 14.2 Å². The number of methoxy groups -OCH3 is 1. The van der Waals surface area contributed by atoms with E-state index in [0.717, 1.165) is 0 Å². The predicted octanol–water partition coefficient (Wildman–Crippen LogP) is 1.15. The fraction of sp³-hybridized carbons (Fsp3) is 0.818. The molecule has 0 aromatic carbocycles. The lowest BCUT2D eigenvalue weighted by molar-refractivity contribution is -0.159. The summed E-state index contributed by atoms with van der Waals surface area (Å²) in [5, 5.41) is 0. The maximum absolute atomic E-state index is 11.6. The summed E-state index contributed by atoms with van der Waals surface area (Å²) in [4.78, 5) is 21.6. The number of rotatable bonds is 8. The fourth-order valence-corrected chi connectivity index (χ4v) is 0.839. The quantitative estimate of drug-likeness (QED) is 0.464. The van der Waals surface area contributed by atoms with Gasteiger partial charge in [0.1, 0.15) is 19.3 Å². The van der Waals surface area contributed by atoms with E-state index in [1.807, 2.05) is 20.8 Å². The van der Waals surface area contributed by atoms with Crippen molar-refractivity contribution < 1.29 is 23.8 Å². The van der Waals surface area contributed by atoms with E-state index in [-0.39, 0.29) is 19.2 Å². The first-order valence-electron chi connectivity index (χ1n) is 5.23. The second-order valence-electron chi connectivity index (χ2n) is 4.12. The van der Waals surface area contributed by atoms with Crippen molar-refractivity contribution in [1.29, 1.82) is 0 Å². The van der Waals surface area contributed by atoms with Gasteiger partial charge in [-0.1, -0.05) is 6.92 Å². The van der Waals surface area contributed by atoms with Crippen molar-refractivity contribution >= 4 is 12.4 Å². The van der Waals surface area contributed by atoms with Crippen molar-refractivity contribution in [2.24, 2.45) is 5.41 Å². The molecule has 0 aliphatic rings. The van der Waals surface area contributed by atoms with Gasteiger partial charge in [0.2, 0.25) is 0 Å². The molecular formula is C11H20O5. The van der Waals surface area contributed by atoms with Crippen LogP contribution < -0.4 is 0 Å². The molecule has 0 fully saturated rings. The Labute approximate surface area is 96.1 Å². The summed E-state index contributed by atoms with van der Waals surface area (Å²) < 4.78 is 14.6. The molecule has 0 bridgehead atoms. The molecule has 0 radical (unpaired) electrons. The number of hydrogen-bond acceptors (Lipinski definition) is 5. The van der Waals surface area contributed by atoms with Crippen LogP contribution in [0, 0.1) is 5.41 Å². The van der Waals surface area contributed by atoms with Crippen LogP contribution in [0.1, 0.15) is 27.2 Å². The van der Waals surface area contributed by atoms with Crippen LogP contribution in [0.4, 0.5) is 0 Å². The van der Waals surface area contributed by atoms with Gasteiger partial charge in [-0.15, -0.1) is 0 Å². The average Bonchev–Trinajstić information content (AvgIpc) is 2.28. The van der Waals surface area contributed by atoms with Gasteiger partial charge in [0, 0.05) is 7.11 Å². The Morgan fingerprint density at radius 3 is 2.44 bits per heavy atom. The monoisotopic (exact) mass is 232 g/mol. The lowest BCUT2D eigenvalue weighted by Gasteiger charge is -2.22. The third-order valence-electron chi connectivity index (χ3n) is 2.52. The Morgan fingerprint density at radius 1 is 1.38 bits per heavy atom. The van der Waals surface area contributed by atoms with E-state index in [4.69, 9.17) is 9.47 Å². The summed E-state index contributed by atoms with van der Waals surface area (Å²) >= 11 is 0. The fourth-order valence-electron chi connectivity index (χ4n) is 0.839. The van der Waals surface area contributed by atoms with E-state index in [0.29, 0.717) is 12.9 Å². The van der Waals surface area contributed by atoms with Crippen LogP contribution in [0.5, 0.6) is 0 Å². The van der Waals surface area contributed by atoms with Gasteiger partial charge in [-0.3, -0.25) is 9.59 Å². The molecule has 0 aromatic rings. The molecule has 16 heavy (non-hydrogen) atoms. The van der Waals surface area contributed by atoms with Gasteiger partial charge >= 0.3 is 5.97 Å². The molecule has 1 unspecified atom stereocenters. The highest BCUT2D eigenvalue weighted by atomic mass is 16.6. The van der Waals surface area contributed by atoms with E-state index in [9.17, 15) is 9.59 Å². The summed E-state index contributed by atoms with van der Waals surface area (Å²) in [6.45, 7) is 6.07. The third-order valence-corrected chi connectivity index (χ3v) is 2.52. The second-order valence-corrected chi connectivity index (χ2v) is 4.12. The largest absolute Gasteiger partial charge is 0.465 e. The maximum atomic E-state index is 11.6. The van der Waals surface area contributed by atoms with Gasteiger partial charge in [-0.25, -0.2) is 0 Å². The summed E-state index contributed by atoms with van der Waals surface area (Å²) in [6, 6.07) is 0. The molecular weight excluding hydrogens is 212 g/mol. The zero-order valence-corrected chi connectivity index (χ0v) is 10.3. The van der Waals surface area contributed by atoms with Crippen LogP contribution in [0.2, 0.25) is 0 Å². The van der Waals surface area contributed by atoms with Crippen molar-refractivity contribution in [3.05, 3.63) is 0 Å². The summed E-state index contributed by atoms with van der Waals surface area (Å²) in [5.41, 5.74) is -0.496. The molecule has 0 amide bonds. The smallest absolute Gasteiger partial charge is 0.311 e. The molecule has 0 spiro atoms. The van der Waals surface area contributed by atoms with Crippen LogP contribution in [-0.2, 0) is 23.8 Å². The normalized spacial score (nSPS) is 13.0. The first kappa shape index (κ1) is 14.9. The lowest BCUT2D eigenvalue weighted by atomic mass is 9.91. The van der Waals surface area contributed by atoms with Gasteiger partial charge in [0.05, 0.1) is 5.41 Å². The zero-order valence-electron chi connectivity index (χ0n) is 10.3. The minimum Gasteiger partial charge on any atom is -0.465 e. The lowest BCUT2D eigenvalue weighted by Crippen LogP contribution is -2.31. The molecule has 0 heterocycles. The van der Waals surface area contributed by atoms with E-state index in [1.54, 1.807) is 0 Å². The molecule has 94 valence electrons. The molecule has 0 saturated carbocycles. The molecule has 5 nitrogen and oxygen atoms in total. The highest BCUT2D eigenvalue weighted by Crippen LogP contribution is 2.21. The van der Waals surface area contributed by atoms with E-state index < -0.39 is 11.5 Å². The summed E-state index contributed by atoms with van der Waals surface area (Å²) in [5.74, 6) is -0.275. The Kier molecular flexibility index (Phi) is 6.72. The Hall–Kier alpha value is -1.10. The molecule has 0 rings (SSSR count). The standard InChI is InChI=1S/C11H20O5/c1-5-11(2,3)10(13)16-7-9(14-4)6-15-8-12/h8-9H,5-7H2,1-4H3. The first-order valence-corrected chi connectivity index (χ1v) is 5.23. The molecule has 0 aliphatic heterocycles. The number of ether oxygens (including phenoxy) is 3. The highest BCUT2D eigenvalue weighted by molar-refractivity contribution is 5.75. The molecule has 0 aromatic heterocycles. The van der Waals surface area contributed by atoms with Crippen LogP contribution >= 0.6 is 0 Å². The highest BCUT2D eigenvalue weighted by Gasteiger charge is 2.27. The zero-order chi connectivity index (χ0) is 12.6. The van der Waals surface area contributed by atoms with Crippen molar-refractivity contribution in [3.63, 3.8) is 0 Å². The van der Waals surface area contributed by atoms with Gasteiger partial charge in [-0.2, -0.15) is 0 Å². The maximum Gasteiger partial charge on any atom is 0.311 e. The van der Waals surface area contributed by atoms with Crippen molar-refractivity contribution in [2.45, 2.75) is 33.3 Å². The molecule has 0 aliphatic carbocycles. The van der Waals surface area contributed by atoms with Crippen molar-refractivity contribution in [3.8, 4) is 0 Å². The minimum atomic E-state index is -0.496. The van der Waals surface area contributed by atoms with Crippen LogP contribution in [0.15, 0.2) is 0 Å². The van der Waals surface area contributed by atoms with Crippen LogP contribution in [-0.4, -0.2) is 38.9 Å². The SMILES string of the molecule is CCC(C)(C)C(=O)OCC(COC=O)OC.